The van der Waals surface area contributed by atoms with Crippen LogP contribution in [-0.2, 0) is 4.79 Å². The average molecular weight is 239 g/mol. The van der Waals surface area contributed by atoms with Crippen molar-refractivity contribution in [3.05, 3.63) is 66.2 Å². The molecular formula is C15H13NO2. The van der Waals surface area contributed by atoms with Crippen molar-refractivity contribution in [2.75, 3.05) is 5.32 Å². The van der Waals surface area contributed by atoms with E-state index in [1.54, 1.807) is 6.08 Å². The number of hydrogen-bond donors (Lipinski definition) is 2. The second-order valence-electron chi connectivity index (χ2n) is 3.75. The third kappa shape index (κ3) is 3.22. The molecule has 2 N–H and O–H groups in total. The molecule has 0 fully saturated rings. The summed E-state index contributed by atoms with van der Waals surface area (Å²) < 4.78 is 0. The van der Waals surface area contributed by atoms with E-state index in [4.69, 9.17) is 5.11 Å². The molecule has 0 spiro atoms. The summed E-state index contributed by atoms with van der Waals surface area (Å²) in [6.45, 7) is 0. The molecule has 2 aromatic carbocycles. The molecule has 0 saturated heterocycles. The third-order valence-electron chi connectivity index (χ3n) is 2.42. The molecule has 0 saturated carbocycles. The molecule has 0 aliphatic carbocycles. The molecule has 18 heavy (non-hydrogen) atoms. The number of rotatable bonds is 4. The van der Waals surface area contributed by atoms with E-state index in [-0.39, 0.29) is 0 Å². The maximum atomic E-state index is 10.5. The van der Waals surface area contributed by atoms with Crippen molar-refractivity contribution in [1.82, 2.24) is 0 Å². The van der Waals surface area contributed by atoms with Crippen LogP contribution in [0, 0.1) is 0 Å². The Morgan fingerprint density at radius 2 is 1.67 bits per heavy atom. The fourth-order valence-electron chi connectivity index (χ4n) is 1.59. The Morgan fingerprint density at radius 1 is 1.00 bits per heavy atom. The molecule has 0 aliphatic heterocycles. The van der Waals surface area contributed by atoms with Crippen LogP contribution in [0.25, 0.3) is 6.08 Å². The van der Waals surface area contributed by atoms with Gasteiger partial charge in [0.15, 0.2) is 0 Å². The Balaban J connectivity index is 2.25. The van der Waals surface area contributed by atoms with Crippen LogP contribution >= 0.6 is 0 Å². The van der Waals surface area contributed by atoms with E-state index in [9.17, 15) is 4.79 Å². The molecule has 0 amide bonds. The number of benzene rings is 2. The Morgan fingerprint density at radius 3 is 2.39 bits per heavy atom. The van der Waals surface area contributed by atoms with E-state index in [0.29, 0.717) is 0 Å². The summed E-state index contributed by atoms with van der Waals surface area (Å²) in [6, 6.07) is 17.3. The normalized spacial score (nSPS) is 10.4. The van der Waals surface area contributed by atoms with E-state index < -0.39 is 5.97 Å². The quantitative estimate of drug-likeness (QED) is 0.802. The summed E-state index contributed by atoms with van der Waals surface area (Å²) in [5.41, 5.74) is 2.68. The van der Waals surface area contributed by atoms with Crippen LogP contribution < -0.4 is 5.32 Å². The van der Waals surface area contributed by atoms with Crippen molar-refractivity contribution >= 4 is 23.4 Å². The zero-order valence-electron chi connectivity index (χ0n) is 9.71. The Hall–Kier alpha value is -2.55. The molecule has 3 heteroatoms. The van der Waals surface area contributed by atoms with Gasteiger partial charge in [-0.25, -0.2) is 4.79 Å². The molecule has 0 bridgehead atoms. The zero-order valence-corrected chi connectivity index (χ0v) is 9.71. The number of nitrogens with one attached hydrogen (secondary N) is 1. The highest BCUT2D eigenvalue weighted by Gasteiger charge is 1.99. The maximum Gasteiger partial charge on any atom is 0.328 e. The Bertz CT molecular complexity index is 562. The molecule has 90 valence electrons. The van der Waals surface area contributed by atoms with E-state index in [1.165, 1.54) is 0 Å². The summed E-state index contributed by atoms with van der Waals surface area (Å²) >= 11 is 0. The molecule has 0 heterocycles. The summed E-state index contributed by atoms with van der Waals surface area (Å²) in [4.78, 5) is 10.5. The van der Waals surface area contributed by atoms with E-state index in [2.05, 4.69) is 5.32 Å². The van der Waals surface area contributed by atoms with Gasteiger partial charge in [-0.15, -0.1) is 0 Å². The van der Waals surface area contributed by atoms with Crippen LogP contribution in [0.5, 0.6) is 0 Å². The minimum Gasteiger partial charge on any atom is -0.478 e. The summed E-state index contributed by atoms with van der Waals surface area (Å²) in [5.74, 6) is -0.954. The largest absolute Gasteiger partial charge is 0.478 e. The second-order valence-corrected chi connectivity index (χ2v) is 3.75. The minimum atomic E-state index is -0.954. The van der Waals surface area contributed by atoms with Gasteiger partial charge in [-0.3, -0.25) is 0 Å². The van der Waals surface area contributed by atoms with Gasteiger partial charge in [-0.1, -0.05) is 36.4 Å². The van der Waals surface area contributed by atoms with Gasteiger partial charge < -0.3 is 10.4 Å². The second kappa shape index (κ2) is 5.68. The predicted molar refractivity (Wildman–Crippen MR) is 72.8 cm³/mol. The van der Waals surface area contributed by atoms with Gasteiger partial charge in [0, 0.05) is 17.5 Å². The molecule has 3 nitrogen and oxygen atoms in total. The first-order valence-corrected chi connectivity index (χ1v) is 5.58. The van der Waals surface area contributed by atoms with Crippen LogP contribution in [0.2, 0.25) is 0 Å². The smallest absolute Gasteiger partial charge is 0.328 e. The first kappa shape index (κ1) is 11.9. The monoisotopic (exact) mass is 239 g/mol. The molecule has 0 unspecified atom stereocenters. The molecule has 0 aromatic heterocycles. The van der Waals surface area contributed by atoms with Crippen LogP contribution in [0.3, 0.4) is 0 Å². The number of carbonyl (C=O) groups is 1. The van der Waals surface area contributed by atoms with Crippen molar-refractivity contribution < 1.29 is 9.90 Å². The van der Waals surface area contributed by atoms with E-state index in [0.717, 1.165) is 23.0 Å². The van der Waals surface area contributed by atoms with Crippen LogP contribution in [-0.4, -0.2) is 11.1 Å². The van der Waals surface area contributed by atoms with Crippen molar-refractivity contribution in [3.63, 3.8) is 0 Å². The number of aliphatic carboxylic acids is 1. The highest BCUT2D eigenvalue weighted by atomic mass is 16.4. The first-order valence-electron chi connectivity index (χ1n) is 5.58. The highest BCUT2D eigenvalue weighted by molar-refractivity contribution is 5.87. The van der Waals surface area contributed by atoms with Gasteiger partial charge >= 0.3 is 5.97 Å². The molecule has 0 aliphatic rings. The van der Waals surface area contributed by atoms with Gasteiger partial charge in [-0.2, -0.15) is 0 Å². The van der Waals surface area contributed by atoms with Crippen molar-refractivity contribution in [3.8, 4) is 0 Å². The molecule has 2 rings (SSSR count). The van der Waals surface area contributed by atoms with Gasteiger partial charge in [-0.05, 0) is 29.8 Å². The number of hydrogen-bond acceptors (Lipinski definition) is 2. The Labute approximate surface area is 105 Å². The lowest BCUT2D eigenvalue weighted by Crippen LogP contribution is -1.93. The SMILES string of the molecule is O=C(O)C=Cc1ccccc1Nc1ccccc1. The molecule has 0 radical (unpaired) electrons. The fourth-order valence-corrected chi connectivity index (χ4v) is 1.59. The molecular weight excluding hydrogens is 226 g/mol. The van der Waals surface area contributed by atoms with E-state index >= 15 is 0 Å². The zero-order chi connectivity index (χ0) is 12.8. The number of carboxylic acid groups (broad SMARTS) is 1. The topological polar surface area (TPSA) is 49.3 Å². The fraction of sp³-hybridized carbons (Fsp3) is 0. The summed E-state index contributed by atoms with van der Waals surface area (Å²) in [6.07, 6.45) is 2.71. The van der Waals surface area contributed by atoms with Crippen LogP contribution in [0.1, 0.15) is 5.56 Å². The van der Waals surface area contributed by atoms with Gasteiger partial charge in [0.05, 0.1) is 0 Å². The minimum absolute atomic E-state index is 0.837. The lowest BCUT2D eigenvalue weighted by Gasteiger charge is -2.09. The highest BCUT2D eigenvalue weighted by Crippen LogP contribution is 2.21. The molecule has 0 atom stereocenters. The summed E-state index contributed by atoms with van der Waals surface area (Å²) in [7, 11) is 0. The lowest BCUT2D eigenvalue weighted by atomic mass is 10.1. The summed E-state index contributed by atoms with van der Waals surface area (Å²) in [5, 5.41) is 11.9. The van der Waals surface area contributed by atoms with Gasteiger partial charge in [0.1, 0.15) is 0 Å². The third-order valence-corrected chi connectivity index (χ3v) is 2.42. The van der Waals surface area contributed by atoms with Crippen LogP contribution in [0.15, 0.2) is 60.7 Å². The lowest BCUT2D eigenvalue weighted by molar-refractivity contribution is -0.131. The van der Waals surface area contributed by atoms with Crippen molar-refractivity contribution in [2.24, 2.45) is 0 Å². The van der Waals surface area contributed by atoms with Gasteiger partial charge in [0.25, 0.3) is 0 Å². The maximum absolute atomic E-state index is 10.5. The number of carboxylic acids is 1. The molecule has 2 aromatic rings. The number of para-hydroxylation sites is 2. The van der Waals surface area contributed by atoms with Crippen LogP contribution in [0.4, 0.5) is 11.4 Å². The van der Waals surface area contributed by atoms with Crippen molar-refractivity contribution in [1.29, 1.82) is 0 Å². The predicted octanol–water partition coefficient (Wildman–Crippen LogP) is 3.53. The van der Waals surface area contributed by atoms with Crippen molar-refractivity contribution in [2.45, 2.75) is 0 Å². The first-order chi connectivity index (χ1) is 8.75. The standard InChI is InChI=1S/C15H13NO2/c17-15(18)11-10-12-6-4-5-9-14(12)16-13-7-2-1-3-8-13/h1-11,16H,(H,17,18). The number of anilines is 2. The Kier molecular flexibility index (Phi) is 3.76. The van der Waals surface area contributed by atoms with Gasteiger partial charge in [0.2, 0.25) is 0 Å². The van der Waals surface area contributed by atoms with E-state index in [1.807, 2.05) is 54.6 Å². The average Bonchev–Trinajstić information content (AvgIpc) is 2.39.